The minimum absolute atomic E-state index is 0.146. The fourth-order valence-corrected chi connectivity index (χ4v) is 6.62. The Labute approximate surface area is 246 Å². The van der Waals surface area contributed by atoms with Crippen LogP contribution < -0.4 is 4.90 Å². The molecular formula is C33H41FN4O4. The number of nitrogens with zero attached hydrogens (tertiary/aromatic N) is 3. The number of aromatic amines is 1. The third-order valence-corrected chi connectivity index (χ3v) is 9.38. The lowest BCUT2D eigenvalue weighted by molar-refractivity contribution is -0.140. The number of morpholine rings is 1. The van der Waals surface area contributed by atoms with E-state index in [-0.39, 0.29) is 11.7 Å². The lowest BCUT2D eigenvalue weighted by atomic mass is 9.84. The Kier molecular flexibility index (Phi) is 8.62. The Morgan fingerprint density at radius 2 is 1.76 bits per heavy atom. The van der Waals surface area contributed by atoms with Gasteiger partial charge in [-0.15, -0.1) is 0 Å². The largest absolute Gasteiger partial charge is 0.389 e. The Hall–Kier alpha value is -3.24. The van der Waals surface area contributed by atoms with Crippen molar-refractivity contribution in [3.8, 4) is 0 Å². The normalized spacial score (nSPS) is 21.3. The first-order valence-electron chi connectivity index (χ1n) is 15.2. The highest BCUT2D eigenvalue weighted by molar-refractivity contribution is 5.92. The molecule has 3 aliphatic heterocycles. The second-order valence-electron chi connectivity index (χ2n) is 12.0. The molecule has 6 rings (SSSR count). The second-order valence-corrected chi connectivity index (χ2v) is 12.0. The molecular weight excluding hydrogens is 535 g/mol. The van der Waals surface area contributed by atoms with Gasteiger partial charge in [0.25, 0.3) is 0 Å². The maximum atomic E-state index is 13.1. The number of β-amino-alcohol motifs (C(OH)–C–C–N with tert-alkyl or cyclic N) is 1. The number of carbonyl (C=O) groups is 1. The predicted molar refractivity (Wildman–Crippen MR) is 162 cm³/mol. The van der Waals surface area contributed by atoms with Crippen LogP contribution in [0.2, 0.25) is 0 Å². The van der Waals surface area contributed by atoms with Crippen molar-refractivity contribution in [2.45, 2.75) is 43.3 Å². The van der Waals surface area contributed by atoms with Gasteiger partial charge in [-0.3, -0.25) is 4.79 Å². The van der Waals surface area contributed by atoms with E-state index < -0.39 is 11.7 Å². The number of rotatable bonds is 7. The van der Waals surface area contributed by atoms with Crippen molar-refractivity contribution < 1.29 is 24.1 Å². The number of aliphatic hydroxyl groups is 2. The van der Waals surface area contributed by atoms with E-state index in [0.29, 0.717) is 38.4 Å². The summed E-state index contributed by atoms with van der Waals surface area (Å²) < 4.78 is 18.6. The van der Waals surface area contributed by atoms with Crippen LogP contribution in [-0.2, 0) is 9.53 Å². The first kappa shape index (κ1) is 28.9. The molecule has 3 aliphatic rings. The van der Waals surface area contributed by atoms with E-state index in [2.05, 4.69) is 39.2 Å². The van der Waals surface area contributed by atoms with Gasteiger partial charge in [0.15, 0.2) is 0 Å². The lowest BCUT2D eigenvalue weighted by Crippen LogP contribution is -2.56. The van der Waals surface area contributed by atoms with Gasteiger partial charge in [0.2, 0.25) is 5.91 Å². The Bertz CT molecular complexity index is 1380. The highest BCUT2D eigenvalue weighted by Gasteiger charge is 2.40. The van der Waals surface area contributed by atoms with Gasteiger partial charge in [-0.25, -0.2) is 4.39 Å². The van der Waals surface area contributed by atoms with Crippen molar-refractivity contribution >= 4 is 28.6 Å². The number of aromatic nitrogens is 1. The van der Waals surface area contributed by atoms with Crippen molar-refractivity contribution in [1.82, 2.24) is 14.8 Å². The number of aliphatic hydroxyl groups excluding tert-OH is 1. The first-order valence-corrected chi connectivity index (χ1v) is 15.2. The molecule has 0 aliphatic carbocycles. The van der Waals surface area contributed by atoms with E-state index in [4.69, 9.17) is 4.74 Å². The van der Waals surface area contributed by atoms with E-state index in [1.165, 1.54) is 34.8 Å². The van der Waals surface area contributed by atoms with Crippen molar-refractivity contribution in [1.29, 1.82) is 0 Å². The minimum Gasteiger partial charge on any atom is -0.389 e. The third kappa shape index (κ3) is 6.39. The summed E-state index contributed by atoms with van der Waals surface area (Å²) in [6, 6.07) is 12.6. The van der Waals surface area contributed by atoms with Gasteiger partial charge in [-0.1, -0.05) is 12.1 Å². The molecule has 4 heterocycles. The highest BCUT2D eigenvalue weighted by Crippen LogP contribution is 2.36. The number of fused-ring (bicyclic) bond motifs is 1. The number of hydrogen-bond acceptors (Lipinski definition) is 6. The van der Waals surface area contributed by atoms with Gasteiger partial charge >= 0.3 is 0 Å². The summed E-state index contributed by atoms with van der Waals surface area (Å²) >= 11 is 0. The number of H-pyrrole nitrogens is 1. The average molecular weight is 577 g/mol. The number of anilines is 1. The molecule has 3 N–H and O–H groups in total. The van der Waals surface area contributed by atoms with E-state index in [1.807, 2.05) is 0 Å². The monoisotopic (exact) mass is 576 g/mol. The molecule has 1 atom stereocenters. The van der Waals surface area contributed by atoms with Gasteiger partial charge in [0, 0.05) is 61.6 Å². The van der Waals surface area contributed by atoms with E-state index in [9.17, 15) is 19.4 Å². The molecule has 0 spiro atoms. The number of nitrogens with one attached hydrogen (secondary N) is 1. The average Bonchev–Trinajstić information content (AvgIpc) is 3.45. The van der Waals surface area contributed by atoms with Crippen LogP contribution in [-0.4, -0.2) is 102 Å². The molecule has 1 unspecified atom stereocenters. The van der Waals surface area contributed by atoms with Crippen LogP contribution in [0.5, 0.6) is 0 Å². The van der Waals surface area contributed by atoms with Crippen LogP contribution in [0, 0.1) is 5.82 Å². The van der Waals surface area contributed by atoms with Crippen LogP contribution in [0.4, 0.5) is 10.1 Å². The number of benzene rings is 2. The topological polar surface area (TPSA) is 92.3 Å². The number of ether oxygens (including phenoxy) is 1. The van der Waals surface area contributed by atoms with Gasteiger partial charge in [-0.05, 0) is 92.2 Å². The summed E-state index contributed by atoms with van der Waals surface area (Å²) in [4.78, 5) is 22.5. The zero-order valence-corrected chi connectivity index (χ0v) is 24.1. The van der Waals surface area contributed by atoms with Crippen molar-refractivity contribution in [2.24, 2.45) is 0 Å². The SMILES string of the molecule is O=C(C=Cc1ccc(F)cc1)N1CCC(O)(C(O)CN2CCC(c3c[nH]c4ccc(N5CCOCC5)cc34)CC2)CC1. The lowest BCUT2D eigenvalue weighted by Gasteiger charge is -2.43. The number of likely N-dealkylation sites (tertiary alicyclic amines) is 2. The molecule has 0 bridgehead atoms. The Balaban J connectivity index is 0.994. The molecule has 9 heteroatoms. The summed E-state index contributed by atoms with van der Waals surface area (Å²) in [5.41, 5.74) is 3.32. The summed E-state index contributed by atoms with van der Waals surface area (Å²) in [6.45, 7) is 6.30. The number of carbonyl (C=O) groups excluding carboxylic acids is 1. The van der Waals surface area contributed by atoms with Crippen molar-refractivity contribution in [2.75, 3.05) is 63.9 Å². The first-order chi connectivity index (χ1) is 20.4. The molecule has 3 fully saturated rings. The van der Waals surface area contributed by atoms with Crippen LogP contribution in [0.1, 0.15) is 42.7 Å². The number of halogens is 1. The molecule has 3 saturated heterocycles. The van der Waals surface area contributed by atoms with Crippen molar-refractivity contribution in [3.05, 3.63) is 71.7 Å². The molecule has 42 heavy (non-hydrogen) atoms. The highest BCUT2D eigenvalue weighted by atomic mass is 19.1. The molecule has 8 nitrogen and oxygen atoms in total. The quantitative estimate of drug-likeness (QED) is 0.371. The van der Waals surface area contributed by atoms with Gasteiger partial charge < -0.3 is 34.6 Å². The van der Waals surface area contributed by atoms with Gasteiger partial charge in [0.1, 0.15) is 5.82 Å². The van der Waals surface area contributed by atoms with Crippen LogP contribution in [0.15, 0.2) is 54.7 Å². The second kappa shape index (κ2) is 12.6. The van der Waals surface area contributed by atoms with E-state index in [1.54, 1.807) is 23.1 Å². The fourth-order valence-electron chi connectivity index (χ4n) is 6.62. The third-order valence-electron chi connectivity index (χ3n) is 9.38. The summed E-state index contributed by atoms with van der Waals surface area (Å²) in [5.74, 6) is -0.0103. The minimum atomic E-state index is -1.21. The fraction of sp³-hybridized carbons (Fsp3) is 0.485. The number of piperidine rings is 2. The predicted octanol–water partition coefficient (Wildman–Crippen LogP) is 3.75. The zero-order valence-electron chi connectivity index (χ0n) is 24.1. The van der Waals surface area contributed by atoms with Gasteiger partial charge in [0.05, 0.1) is 24.9 Å². The van der Waals surface area contributed by atoms with Crippen molar-refractivity contribution in [3.63, 3.8) is 0 Å². The molecule has 1 amide bonds. The Morgan fingerprint density at radius 1 is 1.05 bits per heavy atom. The van der Waals surface area contributed by atoms with Gasteiger partial charge in [-0.2, -0.15) is 0 Å². The summed E-state index contributed by atoms with van der Waals surface area (Å²) in [7, 11) is 0. The Morgan fingerprint density at radius 3 is 2.48 bits per heavy atom. The number of amides is 1. The smallest absolute Gasteiger partial charge is 0.246 e. The van der Waals surface area contributed by atoms with E-state index in [0.717, 1.165) is 63.3 Å². The standard InChI is InChI=1S/C33H41FN4O4/c34-26-4-1-24(2-5-26)3-8-32(40)38-15-11-33(41,12-16-38)31(39)23-36-13-9-25(10-14-36)29-22-35-30-7-6-27(21-28(29)30)37-17-19-42-20-18-37/h1-8,21-22,25,31,35,39,41H,9-20,23H2. The molecule has 0 saturated carbocycles. The summed E-state index contributed by atoms with van der Waals surface area (Å²) in [6.07, 6.45) is 7.12. The maximum Gasteiger partial charge on any atom is 0.246 e. The van der Waals surface area contributed by atoms with Crippen LogP contribution >= 0.6 is 0 Å². The molecule has 1 aromatic heterocycles. The van der Waals surface area contributed by atoms with Crippen LogP contribution in [0.25, 0.3) is 17.0 Å². The maximum absolute atomic E-state index is 13.1. The van der Waals surface area contributed by atoms with E-state index >= 15 is 0 Å². The molecule has 0 radical (unpaired) electrons. The van der Waals surface area contributed by atoms with Crippen LogP contribution in [0.3, 0.4) is 0 Å². The number of hydrogen-bond donors (Lipinski definition) is 3. The molecule has 3 aromatic rings. The zero-order chi connectivity index (χ0) is 29.1. The molecule has 2 aromatic carbocycles. The molecule has 224 valence electrons. The summed E-state index contributed by atoms with van der Waals surface area (Å²) in [5, 5.41) is 23.6.